The summed E-state index contributed by atoms with van der Waals surface area (Å²) in [5.74, 6) is 0. The Morgan fingerprint density at radius 3 is 2.39 bits per heavy atom. The molecule has 0 aromatic heterocycles. The van der Waals surface area contributed by atoms with Crippen molar-refractivity contribution in [1.29, 1.82) is 0 Å². The van der Waals surface area contributed by atoms with E-state index in [2.05, 4.69) is 33.9 Å². The Morgan fingerprint density at radius 2 is 2.00 bits per heavy atom. The lowest BCUT2D eigenvalue weighted by molar-refractivity contribution is 0.0717. The van der Waals surface area contributed by atoms with Crippen LogP contribution in [0.3, 0.4) is 0 Å². The van der Waals surface area contributed by atoms with Crippen molar-refractivity contribution in [2.75, 3.05) is 13.2 Å². The highest BCUT2D eigenvalue weighted by Gasteiger charge is 2.44. The van der Waals surface area contributed by atoms with Gasteiger partial charge in [0, 0.05) is 6.54 Å². The Morgan fingerprint density at radius 1 is 1.44 bits per heavy atom. The number of hydrogen-bond donors (Lipinski definition) is 2. The quantitative estimate of drug-likeness (QED) is 0.774. The molecule has 0 saturated carbocycles. The molecule has 5 nitrogen and oxygen atoms in total. The third-order valence-electron chi connectivity index (χ3n) is 4.17. The molecule has 0 aromatic rings. The minimum Gasteiger partial charge on any atom is -0.465 e. The predicted octanol–water partition coefficient (Wildman–Crippen LogP) is 2.12. The van der Waals surface area contributed by atoms with Gasteiger partial charge in [0.15, 0.2) is 8.32 Å². The number of aliphatic hydroxyl groups is 1. The summed E-state index contributed by atoms with van der Waals surface area (Å²) < 4.78 is 6.22. The summed E-state index contributed by atoms with van der Waals surface area (Å²) in [7, 11) is -1.92. The third kappa shape index (κ3) is 3.04. The molecule has 1 fully saturated rings. The number of likely N-dealkylation sites (tertiary alicyclic amines) is 1. The second-order valence-corrected chi connectivity index (χ2v) is 11.2. The second-order valence-electron chi connectivity index (χ2n) is 6.43. The van der Waals surface area contributed by atoms with Gasteiger partial charge in [-0.2, -0.15) is 0 Å². The predicted molar refractivity (Wildman–Crippen MR) is 72.3 cm³/mol. The number of carboxylic acid groups (broad SMARTS) is 1. The molecule has 0 unspecified atom stereocenters. The van der Waals surface area contributed by atoms with Crippen LogP contribution in [0, 0.1) is 0 Å². The highest BCUT2D eigenvalue weighted by Crippen LogP contribution is 2.39. The van der Waals surface area contributed by atoms with Crippen LogP contribution in [0.15, 0.2) is 0 Å². The minimum atomic E-state index is -1.92. The molecule has 18 heavy (non-hydrogen) atoms. The summed E-state index contributed by atoms with van der Waals surface area (Å²) in [6.45, 7) is 11.0. The van der Waals surface area contributed by atoms with E-state index in [4.69, 9.17) is 9.53 Å². The Labute approximate surface area is 110 Å². The van der Waals surface area contributed by atoms with Gasteiger partial charge in [0.1, 0.15) is 0 Å². The molecule has 0 aromatic carbocycles. The fourth-order valence-electron chi connectivity index (χ4n) is 1.97. The van der Waals surface area contributed by atoms with Crippen LogP contribution in [-0.2, 0) is 4.43 Å². The monoisotopic (exact) mass is 275 g/mol. The average molecular weight is 275 g/mol. The van der Waals surface area contributed by atoms with Crippen molar-refractivity contribution < 1.29 is 19.4 Å². The normalized spacial score (nSPS) is 25.6. The molecule has 0 aliphatic carbocycles. The molecule has 1 heterocycles. The first-order chi connectivity index (χ1) is 8.10. The van der Waals surface area contributed by atoms with Gasteiger partial charge in [-0.1, -0.05) is 20.8 Å². The zero-order chi connectivity index (χ0) is 14.1. The summed E-state index contributed by atoms with van der Waals surface area (Å²) in [4.78, 5) is 12.3. The molecule has 1 aliphatic heterocycles. The molecule has 6 heteroatoms. The molecule has 0 bridgehead atoms. The number of amides is 1. The Hall–Kier alpha value is -0.593. The summed E-state index contributed by atoms with van der Waals surface area (Å²) in [5.41, 5.74) is 0. The topological polar surface area (TPSA) is 70.0 Å². The molecule has 106 valence electrons. The minimum absolute atomic E-state index is 0.0870. The van der Waals surface area contributed by atoms with Crippen LogP contribution in [0.5, 0.6) is 0 Å². The standard InChI is InChI=1S/C12H25NO4Si/c1-12(2,3)18(4,5)17-10-6-7-13(11(15)16)9(10)8-14/h9-10,14H,6-8H2,1-5H3,(H,15,16)/t9-,10-/m0/s1. The van der Waals surface area contributed by atoms with Crippen molar-refractivity contribution in [2.45, 2.75) is 57.5 Å². The molecular weight excluding hydrogens is 250 g/mol. The smallest absolute Gasteiger partial charge is 0.407 e. The van der Waals surface area contributed by atoms with Crippen molar-refractivity contribution in [3.63, 3.8) is 0 Å². The number of hydrogen-bond acceptors (Lipinski definition) is 3. The van der Waals surface area contributed by atoms with E-state index in [0.29, 0.717) is 13.0 Å². The van der Waals surface area contributed by atoms with Crippen molar-refractivity contribution in [1.82, 2.24) is 4.90 Å². The molecule has 0 radical (unpaired) electrons. The maximum Gasteiger partial charge on any atom is 0.407 e. The third-order valence-corrected chi connectivity index (χ3v) is 8.67. The van der Waals surface area contributed by atoms with E-state index in [-0.39, 0.29) is 17.7 Å². The van der Waals surface area contributed by atoms with Crippen LogP contribution in [-0.4, -0.2) is 54.8 Å². The summed E-state index contributed by atoms with van der Waals surface area (Å²) in [6.07, 6.45) is -0.480. The highest BCUT2D eigenvalue weighted by atomic mass is 28.4. The van der Waals surface area contributed by atoms with Crippen LogP contribution in [0.1, 0.15) is 27.2 Å². The van der Waals surface area contributed by atoms with Gasteiger partial charge in [0.25, 0.3) is 0 Å². The van der Waals surface area contributed by atoms with Gasteiger partial charge in [0.05, 0.1) is 18.8 Å². The van der Waals surface area contributed by atoms with Crippen LogP contribution < -0.4 is 0 Å². The van der Waals surface area contributed by atoms with E-state index in [1.165, 1.54) is 4.90 Å². The molecule has 1 saturated heterocycles. The Bertz CT molecular complexity index is 314. The summed E-state index contributed by atoms with van der Waals surface area (Å²) in [5, 5.41) is 18.5. The summed E-state index contributed by atoms with van der Waals surface area (Å²) >= 11 is 0. The van der Waals surface area contributed by atoms with Gasteiger partial charge in [-0.05, 0) is 24.6 Å². The van der Waals surface area contributed by atoms with Crippen LogP contribution >= 0.6 is 0 Å². The van der Waals surface area contributed by atoms with Crippen LogP contribution in [0.25, 0.3) is 0 Å². The number of aliphatic hydroxyl groups excluding tert-OH is 1. The SMILES string of the molecule is CC(C)(C)[Si](C)(C)O[C@H]1CCN(C(=O)O)[C@H]1CO. The van der Waals surface area contributed by atoms with E-state index in [1.54, 1.807) is 0 Å². The van der Waals surface area contributed by atoms with Crippen molar-refractivity contribution in [3.8, 4) is 0 Å². The lowest BCUT2D eigenvalue weighted by atomic mass is 10.2. The average Bonchev–Trinajstić information content (AvgIpc) is 2.58. The van der Waals surface area contributed by atoms with Gasteiger partial charge < -0.3 is 19.5 Å². The first kappa shape index (κ1) is 15.5. The van der Waals surface area contributed by atoms with E-state index in [0.717, 1.165) is 0 Å². The molecule has 2 N–H and O–H groups in total. The van der Waals surface area contributed by atoms with Crippen LogP contribution in [0.4, 0.5) is 4.79 Å². The van der Waals surface area contributed by atoms with E-state index >= 15 is 0 Å². The second kappa shape index (κ2) is 5.18. The fraction of sp³-hybridized carbons (Fsp3) is 0.917. The first-order valence-electron chi connectivity index (χ1n) is 6.38. The number of rotatable bonds is 3. The van der Waals surface area contributed by atoms with Gasteiger partial charge in [0.2, 0.25) is 0 Å². The first-order valence-corrected chi connectivity index (χ1v) is 9.29. The van der Waals surface area contributed by atoms with Gasteiger partial charge in [-0.25, -0.2) is 4.79 Å². The van der Waals surface area contributed by atoms with Crippen molar-refractivity contribution >= 4 is 14.4 Å². The maximum atomic E-state index is 11.0. The molecule has 1 amide bonds. The zero-order valence-electron chi connectivity index (χ0n) is 11.9. The van der Waals surface area contributed by atoms with Gasteiger partial charge in [-0.15, -0.1) is 0 Å². The summed E-state index contributed by atoms with van der Waals surface area (Å²) in [6, 6.07) is -0.420. The lowest BCUT2D eigenvalue weighted by Gasteiger charge is -2.39. The van der Waals surface area contributed by atoms with Gasteiger partial charge >= 0.3 is 6.09 Å². The largest absolute Gasteiger partial charge is 0.465 e. The molecule has 1 rings (SSSR count). The van der Waals surface area contributed by atoms with Crippen molar-refractivity contribution in [2.24, 2.45) is 0 Å². The molecule has 2 atom stereocenters. The molecular formula is C12H25NO4Si. The van der Waals surface area contributed by atoms with Crippen molar-refractivity contribution in [3.05, 3.63) is 0 Å². The van der Waals surface area contributed by atoms with E-state index in [1.807, 2.05) is 0 Å². The molecule has 0 spiro atoms. The number of carbonyl (C=O) groups is 1. The van der Waals surface area contributed by atoms with E-state index < -0.39 is 20.5 Å². The lowest BCUT2D eigenvalue weighted by Crippen LogP contribution is -2.49. The maximum absolute atomic E-state index is 11.0. The van der Waals surface area contributed by atoms with Gasteiger partial charge in [-0.3, -0.25) is 0 Å². The van der Waals surface area contributed by atoms with Crippen LogP contribution in [0.2, 0.25) is 18.1 Å². The highest BCUT2D eigenvalue weighted by molar-refractivity contribution is 6.74. The Kier molecular flexibility index (Phi) is 4.45. The Balaban J connectivity index is 2.77. The fourth-order valence-corrected chi connectivity index (χ4v) is 3.36. The number of nitrogens with zero attached hydrogens (tertiary/aromatic N) is 1. The molecule has 1 aliphatic rings. The van der Waals surface area contributed by atoms with E-state index in [9.17, 15) is 9.90 Å². The zero-order valence-corrected chi connectivity index (χ0v) is 12.9.